The topological polar surface area (TPSA) is 49.9 Å². The van der Waals surface area contributed by atoms with Crippen LogP contribution in [0.3, 0.4) is 0 Å². The smallest absolute Gasteiger partial charge is 0.257 e. The van der Waals surface area contributed by atoms with Crippen molar-refractivity contribution in [3.63, 3.8) is 0 Å². The third-order valence-electron chi connectivity index (χ3n) is 4.64. The van der Waals surface area contributed by atoms with Gasteiger partial charge in [-0.05, 0) is 36.4 Å². The lowest BCUT2D eigenvalue weighted by Crippen LogP contribution is -2.37. The highest BCUT2D eigenvalue weighted by atomic mass is 32.1. The van der Waals surface area contributed by atoms with Gasteiger partial charge in [-0.2, -0.15) is 0 Å². The molecule has 0 radical (unpaired) electrons. The van der Waals surface area contributed by atoms with Crippen molar-refractivity contribution < 1.29 is 14.3 Å². The average molecular weight is 372 g/mol. The monoisotopic (exact) mass is 372 g/mol. The fourth-order valence-electron chi connectivity index (χ4n) is 3.20. The van der Waals surface area contributed by atoms with Gasteiger partial charge < -0.3 is 14.5 Å². The molecule has 26 heavy (non-hydrogen) atoms. The Morgan fingerprint density at radius 3 is 2.58 bits per heavy atom. The van der Waals surface area contributed by atoms with Crippen molar-refractivity contribution >= 4 is 23.2 Å². The van der Waals surface area contributed by atoms with Gasteiger partial charge in [-0.25, -0.2) is 0 Å². The number of para-hydroxylation sites is 1. The summed E-state index contributed by atoms with van der Waals surface area (Å²) in [5.41, 5.74) is 0.576. The first-order valence-corrected chi connectivity index (χ1v) is 9.79. The first kappa shape index (κ1) is 18.5. The zero-order valence-electron chi connectivity index (χ0n) is 15.0. The lowest BCUT2D eigenvalue weighted by molar-refractivity contribution is -0.131. The second kappa shape index (κ2) is 8.85. The van der Waals surface area contributed by atoms with E-state index in [1.165, 1.54) is 4.88 Å². The van der Waals surface area contributed by atoms with E-state index >= 15 is 0 Å². The maximum Gasteiger partial charge on any atom is 0.257 e. The van der Waals surface area contributed by atoms with Crippen LogP contribution in [-0.2, 0) is 11.2 Å². The van der Waals surface area contributed by atoms with Crippen molar-refractivity contribution in [2.75, 3.05) is 33.3 Å². The fraction of sp³-hybridized carbons (Fsp3) is 0.400. The van der Waals surface area contributed by atoms with Gasteiger partial charge in [0.15, 0.2) is 0 Å². The average Bonchev–Trinajstić information content (AvgIpc) is 3.08. The Labute approximate surface area is 158 Å². The third-order valence-corrected chi connectivity index (χ3v) is 5.57. The molecular weight excluding hydrogens is 348 g/mol. The molecule has 2 heterocycles. The van der Waals surface area contributed by atoms with Crippen LogP contribution >= 0.6 is 11.3 Å². The summed E-state index contributed by atoms with van der Waals surface area (Å²) >= 11 is 1.69. The number of thiophene rings is 1. The van der Waals surface area contributed by atoms with E-state index in [2.05, 4.69) is 6.07 Å². The predicted molar refractivity (Wildman–Crippen MR) is 103 cm³/mol. The molecule has 0 atom stereocenters. The number of benzene rings is 1. The minimum Gasteiger partial charge on any atom is -0.496 e. The van der Waals surface area contributed by atoms with Crippen molar-refractivity contribution in [2.45, 2.75) is 19.3 Å². The van der Waals surface area contributed by atoms with E-state index < -0.39 is 0 Å². The Morgan fingerprint density at radius 2 is 1.81 bits per heavy atom. The summed E-state index contributed by atoms with van der Waals surface area (Å²) < 4.78 is 5.30. The molecule has 1 aromatic carbocycles. The van der Waals surface area contributed by atoms with Gasteiger partial charge in [0, 0.05) is 37.5 Å². The molecule has 1 aromatic heterocycles. The summed E-state index contributed by atoms with van der Waals surface area (Å²) in [5, 5.41) is 2.03. The molecule has 0 aliphatic carbocycles. The number of ether oxygens (including phenoxy) is 1. The normalized spacial score (nSPS) is 14.8. The number of aryl methyl sites for hydroxylation is 1. The lowest BCUT2D eigenvalue weighted by atomic mass is 10.1. The number of carbonyl (C=O) groups excluding carboxylic acids is 2. The first-order chi connectivity index (χ1) is 12.7. The zero-order valence-corrected chi connectivity index (χ0v) is 15.8. The van der Waals surface area contributed by atoms with Gasteiger partial charge in [0.1, 0.15) is 5.75 Å². The van der Waals surface area contributed by atoms with Crippen molar-refractivity contribution in [1.82, 2.24) is 9.80 Å². The Balaban J connectivity index is 1.57. The van der Waals surface area contributed by atoms with Gasteiger partial charge in [0.2, 0.25) is 5.91 Å². The van der Waals surface area contributed by atoms with Crippen LogP contribution in [-0.4, -0.2) is 54.9 Å². The fourth-order valence-corrected chi connectivity index (χ4v) is 3.91. The second-order valence-corrected chi connectivity index (χ2v) is 7.34. The van der Waals surface area contributed by atoms with Gasteiger partial charge >= 0.3 is 0 Å². The number of rotatable bonds is 5. The van der Waals surface area contributed by atoms with E-state index in [-0.39, 0.29) is 11.8 Å². The highest BCUT2D eigenvalue weighted by Crippen LogP contribution is 2.20. The SMILES string of the molecule is COc1ccccc1C(=O)N1CCCN(C(=O)CCc2cccs2)CC1. The molecule has 5 nitrogen and oxygen atoms in total. The van der Waals surface area contributed by atoms with E-state index in [0.717, 1.165) is 12.8 Å². The third kappa shape index (κ3) is 4.43. The summed E-state index contributed by atoms with van der Waals surface area (Å²) in [6, 6.07) is 11.4. The van der Waals surface area contributed by atoms with Crippen LogP contribution in [0.25, 0.3) is 0 Å². The Morgan fingerprint density at radius 1 is 1.04 bits per heavy atom. The summed E-state index contributed by atoms with van der Waals surface area (Å²) in [5.74, 6) is 0.728. The predicted octanol–water partition coefficient (Wildman–Crippen LogP) is 3.06. The van der Waals surface area contributed by atoms with Crippen molar-refractivity contribution in [2.24, 2.45) is 0 Å². The molecule has 1 fully saturated rings. The van der Waals surface area contributed by atoms with Crippen LogP contribution in [0.5, 0.6) is 5.75 Å². The molecule has 0 unspecified atom stereocenters. The molecule has 2 amide bonds. The Bertz CT molecular complexity index is 745. The molecule has 0 spiro atoms. The van der Waals surface area contributed by atoms with Gasteiger partial charge in [-0.1, -0.05) is 18.2 Å². The zero-order chi connectivity index (χ0) is 18.4. The Kier molecular flexibility index (Phi) is 6.28. The minimum atomic E-state index is -0.0321. The summed E-state index contributed by atoms with van der Waals surface area (Å²) in [6.45, 7) is 2.51. The first-order valence-electron chi connectivity index (χ1n) is 8.91. The second-order valence-electron chi connectivity index (χ2n) is 6.31. The van der Waals surface area contributed by atoms with Gasteiger partial charge in [0.05, 0.1) is 12.7 Å². The largest absolute Gasteiger partial charge is 0.496 e. The quantitative estimate of drug-likeness (QED) is 0.810. The van der Waals surface area contributed by atoms with Crippen LogP contribution in [0.2, 0.25) is 0 Å². The molecular formula is C20H24N2O3S. The molecule has 2 aromatic rings. The number of hydrogen-bond acceptors (Lipinski definition) is 4. The molecule has 1 aliphatic heterocycles. The molecule has 3 rings (SSSR count). The van der Waals surface area contributed by atoms with Crippen molar-refractivity contribution in [1.29, 1.82) is 0 Å². The maximum absolute atomic E-state index is 12.8. The number of amides is 2. The van der Waals surface area contributed by atoms with E-state index in [9.17, 15) is 9.59 Å². The highest BCUT2D eigenvalue weighted by Gasteiger charge is 2.24. The van der Waals surface area contributed by atoms with E-state index in [1.54, 1.807) is 30.6 Å². The van der Waals surface area contributed by atoms with Crippen LogP contribution in [0, 0.1) is 0 Å². The molecule has 1 saturated heterocycles. The standard InChI is InChI=1S/C20H24N2O3S/c1-25-18-8-3-2-7-17(18)20(24)22-12-5-11-21(13-14-22)19(23)10-9-16-6-4-15-26-16/h2-4,6-8,15H,5,9-14H2,1H3. The molecule has 0 saturated carbocycles. The number of nitrogens with zero attached hydrogens (tertiary/aromatic N) is 2. The van der Waals surface area contributed by atoms with Gasteiger partial charge in [-0.3, -0.25) is 9.59 Å². The van der Waals surface area contributed by atoms with E-state index in [1.807, 2.05) is 33.4 Å². The Hall–Kier alpha value is -2.34. The minimum absolute atomic E-state index is 0.0321. The van der Waals surface area contributed by atoms with Gasteiger partial charge in [-0.15, -0.1) is 11.3 Å². The molecule has 6 heteroatoms. The highest BCUT2D eigenvalue weighted by molar-refractivity contribution is 7.09. The number of methoxy groups -OCH3 is 1. The van der Waals surface area contributed by atoms with E-state index in [4.69, 9.17) is 4.74 Å². The molecule has 138 valence electrons. The van der Waals surface area contributed by atoms with Crippen molar-refractivity contribution in [3.05, 3.63) is 52.2 Å². The molecule has 0 bridgehead atoms. The van der Waals surface area contributed by atoms with Crippen LogP contribution < -0.4 is 4.74 Å². The summed E-state index contributed by atoms with van der Waals surface area (Å²) in [6.07, 6.45) is 2.11. The molecule has 1 aliphatic rings. The van der Waals surface area contributed by atoms with Crippen LogP contribution in [0.15, 0.2) is 41.8 Å². The van der Waals surface area contributed by atoms with Crippen molar-refractivity contribution in [3.8, 4) is 5.75 Å². The number of carbonyl (C=O) groups is 2. The summed E-state index contributed by atoms with van der Waals surface area (Å²) in [4.78, 5) is 30.3. The van der Waals surface area contributed by atoms with Crippen LogP contribution in [0.4, 0.5) is 0 Å². The van der Waals surface area contributed by atoms with E-state index in [0.29, 0.717) is 43.9 Å². The lowest BCUT2D eigenvalue weighted by Gasteiger charge is -2.23. The number of hydrogen-bond donors (Lipinski definition) is 0. The molecule has 0 N–H and O–H groups in total. The maximum atomic E-state index is 12.8. The summed E-state index contributed by atoms with van der Waals surface area (Å²) in [7, 11) is 1.57. The van der Waals surface area contributed by atoms with Crippen LogP contribution in [0.1, 0.15) is 28.1 Å². The van der Waals surface area contributed by atoms with Gasteiger partial charge in [0.25, 0.3) is 5.91 Å².